The fraction of sp³-hybridized carbons (Fsp3) is 0.526. The summed E-state index contributed by atoms with van der Waals surface area (Å²) in [5.74, 6) is -0.284. The fourth-order valence-electron chi connectivity index (χ4n) is 3.68. The third-order valence-electron chi connectivity index (χ3n) is 5.14. The van der Waals surface area contributed by atoms with Crippen molar-refractivity contribution in [3.8, 4) is 0 Å². The van der Waals surface area contributed by atoms with Crippen molar-refractivity contribution in [2.24, 2.45) is 7.05 Å². The van der Waals surface area contributed by atoms with Gasteiger partial charge >= 0.3 is 0 Å². The molecule has 2 aromatic rings. The van der Waals surface area contributed by atoms with E-state index in [9.17, 15) is 4.79 Å². The monoisotopic (exact) mass is 341 g/mol. The first-order valence-electron chi connectivity index (χ1n) is 8.99. The van der Waals surface area contributed by atoms with Gasteiger partial charge < -0.3 is 10.2 Å². The van der Waals surface area contributed by atoms with Crippen LogP contribution in [0.25, 0.3) is 0 Å². The van der Waals surface area contributed by atoms with E-state index >= 15 is 0 Å². The molecule has 0 bridgehead atoms. The Morgan fingerprint density at radius 1 is 1.24 bits per heavy atom. The number of rotatable bonds is 4. The van der Waals surface area contributed by atoms with Crippen molar-refractivity contribution in [3.05, 3.63) is 35.4 Å². The van der Waals surface area contributed by atoms with Gasteiger partial charge in [0, 0.05) is 37.6 Å². The minimum absolute atomic E-state index is 0.0227. The zero-order valence-corrected chi connectivity index (χ0v) is 15.5. The number of nitrogens with one attached hydrogen (secondary N) is 1. The van der Waals surface area contributed by atoms with Crippen LogP contribution in [0.3, 0.4) is 0 Å². The maximum Gasteiger partial charge on any atom is 0.231 e. The lowest BCUT2D eigenvalue weighted by Crippen LogP contribution is -2.31. The largest absolute Gasteiger partial charge is 0.370 e. The first-order valence-corrected chi connectivity index (χ1v) is 8.99. The number of nitrogens with zero attached hydrogens (tertiary/aromatic N) is 4. The molecule has 0 radical (unpaired) electrons. The Balaban J connectivity index is 1.81. The summed E-state index contributed by atoms with van der Waals surface area (Å²) in [5.41, 5.74) is 4.80. The first kappa shape index (κ1) is 17.5. The van der Waals surface area contributed by atoms with Crippen LogP contribution in [-0.4, -0.2) is 33.8 Å². The number of aryl methyl sites for hydroxylation is 2. The Morgan fingerprint density at radius 3 is 2.60 bits per heavy atom. The number of anilines is 2. The van der Waals surface area contributed by atoms with E-state index in [1.807, 2.05) is 38.6 Å². The normalized spacial score (nSPS) is 15.9. The quantitative estimate of drug-likeness (QED) is 0.928. The molecule has 1 fully saturated rings. The van der Waals surface area contributed by atoms with Gasteiger partial charge in [0.2, 0.25) is 5.91 Å². The van der Waals surface area contributed by atoms with Gasteiger partial charge in [0.25, 0.3) is 0 Å². The topological polar surface area (TPSA) is 63.1 Å². The summed E-state index contributed by atoms with van der Waals surface area (Å²) < 4.78 is 1.83. The Labute approximate surface area is 149 Å². The molecule has 0 saturated carbocycles. The lowest BCUT2D eigenvalue weighted by molar-refractivity contribution is -0.117. The third kappa shape index (κ3) is 3.52. The fourth-order valence-corrected chi connectivity index (χ4v) is 3.68. The van der Waals surface area contributed by atoms with Crippen LogP contribution in [-0.2, 0) is 11.8 Å². The van der Waals surface area contributed by atoms with Crippen LogP contribution in [0.1, 0.15) is 49.1 Å². The van der Waals surface area contributed by atoms with Crippen LogP contribution in [0.4, 0.5) is 11.4 Å². The predicted molar refractivity (Wildman–Crippen MR) is 100 cm³/mol. The van der Waals surface area contributed by atoms with Crippen LogP contribution < -0.4 is 10.2 Å². The van der Waals surface area contributed by atoms with Crippen LogP contribution in [0.2, 0.25) is 0 Å². The van der Waals surface area contributed by atoms with E-state index in [4.69, 9.17) is 0 Å². The van der Waals surface area contributed by atoms with E-state index in [1.165, 1.54) is 19.3 Å². The SMILES string of the molecule is Cc1nn(C)c(C)c1[C@H](C)C(=O)Nc1cnccc1N1CCCCC1. The smallest absolute Gasteiger partial charge is 0.231 e. The minimum atomic E-state index is -0.261. The highest BCUT2D eigenvalue weighted by atomic mass is 16.1. The standard InChI is InChI=1S/C19H27N5O/c1-13(18-14(2)22-23(4)15(18)3)19(25)21-16-12-20-9-8-17(16)24-10-6-5-7-11-24/h8-9,12-13H,5-7,10-11H2,1-4H3,(H,21,25)/t13-/m0/s1. The second-order valence-electron chi connectivity index (χ2n) is 6.86. The number of piperidine rings is 1. The molecule has 6 heteroatoms. The van der Waals surface area contributed by atoms with Gasteiger partial charge in [0.15, 0.2) is 0 Å². The summed E-state index contributed by atoms with van der Waals surface area (Å²) in [4.78, 5) is 19.4. The average Bonchev–Trinajstić information content (AvgIpc) is 2.87. The van der Waals surface area contributed by atoms with E-state index in [1.54, 1.807) is 12.4 Å². The first-order chi connectivity index (χ1) is 12.0. The number of aromatic nitrogens is 3. The van der Waals surface area contributed by atoms with Crippen LogP contribution in [0.5, 0.6) is 0 Å². The lowest BCUT2D eigenvalue weighted by atomic mass is 9.98. The summed E-state index contributed by atoms with van der Waals surface area (Å²) in [5, 5.41) is 7.52. The molecule has 3 heterocycles. The van der Waals surface area contributed by atoms with Crippen molar-refractivity contribution >= 4 is 17.3 Å². The van der Waals surface area contributed by atoms with E-state index in [0.29, 0.717) is 0 Å². The maximum atomic E-state index is 12.9. The summed E-state index contributed by atoms with van der Waals surface area (Å²) in [6.07, 6.45) is 7.20. The summed E-state index contributed by atoms with van der Waals surface area (Å²) >= 11 is 0. The highest BCUT2D eigenvalue weighted by molar-refractivity contribution is 5.98. The summed E-state index contributed by atoms with van der Waals surface area (Å²) in [7, 11) is 1.91. The molecule has 1 saturated heterocycles. The minimum Gasteiger partial charge on any atom is -0.370 e. The highest BCUT2D eigenvalue weighted by Crippen LogP contribution is 2.29. The number of carbonyl (C=O) groups excluding carboxylic acids is 1. The van der Waals surface area contributed by atoms with E-state index in [-0.39, 0.29) is 11.8 Å². The van der Waals surface area contributed by atoms with Crippen molar-refractivity contribution < 1.29 is 4.79 Å². The molecule has 1 atom stereocenters. The number of hydrogen-bond donors (Lipinski definition) is 1. The van der Waals surface area contributed by atoms with Crippen LogP contribution >= 0.6 is 0 Å². The summed E-state index contributed by atoms with van der Waals surface area (Å²) in [6, 6.07) is 1.99. The van der Waals surface area contributed by atoms with Gasteiger partial charge in [-0.25, -0.2) is 0 Å². The van der Waals surface area contributed by atoms with Crippen molar-refractivity contribution in [1.82, 2.24) is 14.8 Å². The van der Waals surface area contributed by atoms with Gasteiger partial charge in [-0.1, -0.05) is 0 Å². The molecule has 0 aromatic carbocycles. The van der Waals surface area contributed by atoms with Gasteiger partial charge in [-0.15, -0.1) is 0 Å². The second kappa shape index (κ2) is 7.25. The third-order valence-corrected chi connectivity index (χ3v) is 5.14. The Hall–Kier alpha value is -2.37. The highest BCUT2D eigenvalue weighted by Gasteiger charge is 2.24. The molecule has 1 aliphatic heterocycles. The van der Waals surface area contributed by atoms with Gasteiger partial charge in [-0.2, -0.15) is 5.10 Å². The van der Waals surface area contributed by atoms with Gasteiger partial charge in [-0.3, -0.25) is 14.5 Å². The van der Waals surface area contributed by atoms with E-state index in [2.05, 4.69) is 20.3 Å². The molecule has 1 aliphatic rings. The zero-order valence-electron chi connectivity index (χ0n) is 15.5. The Bertz CT molecular complexity index is 761. The predicted octanol–water partition coefficient (Wildman–Crippen LogP) is 3.16. The Kier molecular flexibility index (Phi) is 5.06. The molecule has 1 amide bonds. The molecule has 0 spiro atoms. The molecule has 2 aromatic heterocycles. The second-order valence-corrected chi connectivity index (χ2v) is 6.86. The van der Waals surface area contributed by atoms with Crippen molar-refractivity contribution in [1.29, 1.82) is 0 Å². The van der Waals surface area contributed by atoms with Gasteiger partial charge in [0.05, 0.1) is 29.2 Å². The molecular weight excluding hydrogens is 314 g/mol. The van der Waals surface area contributed by atoms with Crippen LogP contribution in [0, 0.1) is 13.8 Å². The maximum absolute atomic E-state index is 12.9. The number of amides is 1. The van der Waals surface area contributed by atoms with Crippen molar-refractivity contribution in [2.75, 3.05) is 23.3 Å². The molecule has 3 rings (SSSR count). The summed E-state index contributed by atoms with van der Waals surface area (Å²) in [6.45, 7) is 7.95. The number of hydrogen-bond acceptors (Lipinski definition) is 4. The number of pyridine rings is 1. The molecule has 1 N–H and O–H groups in total. The van der Waals surface area contributed by atoms with Crippen molar-refractivity contribution in [2.45, 2.75) is 46.0 Å². The molecule has 25 heavy (non-hydrogen) atoms. The molecule has 0 aliphatic carbocycles. The van der Waals surface area contributed by atoms with Crippen molar-refractivity contribution in [3.63, 3.8) is 0 Å². The molecule has 134 valence electrons. The molecule has 0 unspecified atom stereocenters. The lowest BCUT2D eigenvalue weighted by Gasteiger charge is -2.30. The van der Waals surface area contributed by atoms with Gasteiger partial charge in [-0.05, 0) is 46.1 Å². The molecular formula is C19H27N5O. The number of carbonyl (C=O) groups is 1. The van der Waals surface area contributed by atoms with Crippen LogP contribution in [0.15, 0.2) is 18.5 Å². The van der Waals surface area contributed by atoms with E-state index in [0.717, 1.165) is 41.4 Å². The Morgan fingerprint density at radius 2 is 1.96 bits per heavy atom. The molecule has 6 nitrogen and oxygen atoms in total. The average molecular weight is 341 g/mol. The zero-order chi connectivity index (χ0) is 18.0. The van der Waals surface area contributed by atoms with E-state index < -0.39 is 0 Å². The van der Waals surface area contributed by atoms with Gasteiger partial charge in [0.1, 0.15) is 0 Å².